The summed E-state index contributed by atoms with van der Waals surface area (Å²) in [5.41, 5.74) is 3.29. The van der Waals surface area contributed by atoms with Crippen LogP contribution < -0.4 is 10.2 Å². The summed E-state index contributed by atoms with van der Waals surface area (Å²) in [6, 6.07) is 13.9. The second-order valence-corrected chi connectivity index (χ2v) is 8.81. The molecule has 1 aliphatic carbocycles. The van der Waals surface area contributed by atoms with Crippen molar-refractivity contribution in [3.8, 4) is 0 Å². The Hall–Kier alpha value is -2.24. The molecule has 158 valence electrons. The van der Waals surface area contributed by atoms with E-state index in [4.69, 9.17) is 23.2 Å². The van der Waals surface area contributed by atoms with Crippen LogP contribution in [0, 0.1) is 5.92 Å². The quantitative estimate of drug-likeness (QED) is 0.753. The first kappa shape index (κ1) is 21.0. The van der Waals surface area contributed by atoms with Crippen molar-refractivity contribution in [3.63, 3.8) is 0 Å². The number of carbonyl (C=O) groups is 2. The summed E-state index contributed by atoms with van der Waals surface area (Å²) in [6.07, 6.45) is 0.842. The highest BCUT2D eigenvalue weighted by atomic mass is 35.5. The molecule has 2 unspecified atom stereocenters. The van der Waals surface area contributed by atoms with Crippen LogP contribution in [0.5, 0.6) is 0 Å². The van der Waals surface area contributed by atoms with Gasteiger partial charge in [0, 0.05) is 51.3 Å². The number of nitrogens with zero attached hydrogens (tertiary/aromatic N) is 2. The molecule has 0 bridgehead atoms. The number of nitrogens with one attached hydrogen (secondary N) is 1. The van der Waals surface area contributed by atoms with Crippen molar-refractivity contribution in [2.24, 2.45) is 5.92 Å². The number of halogens is 2. The Bertz CT molecular complexity index is 940. The normalized spacial score (nSPS) is 20.8. The molecule has 4 rings (SSSR count). The number of rotatable bonds is 5. The smallest absolute Gasteiger partial charge is 0.224 e. The SMILES string of the molecule is CC(=O)N1CCN(c2ccc(CNC(=O)C3CC3c3ccc(Cl)c(Cl)c3)cc2)CC1. The fourth-order valence-corrected chi connectivity index (χ4v) is 4.33. The van der Waals surface area contributed by atoms with Gasteiger partial charge in [-0.3, -0.25) is 9.59 Å². The number of benzene rings is 2. The van der Waals surface area contributed by atoms with Gasteiger partial charge in [-0.05, 0) is 47.7 Å². The fourth-order valence-electron chi connectivity index (χ4n) is 4.02. The highest BCUT2D eigenvalue weighted by Gasteiger charge is 2.43. The molecule has 2 aromatic carbocycles. The van der Waals surface area contributed by atoms with Gasteiger partial charge in [0.1, 0.15) is 0 Å². The lowest BCUT2D eigenvalue weighted by molar-refractivity contribution is -0.129. The van der Waals surface area contributed by atoms with E-state index in [1.807, 2.05) is 17.0 Å². The standard InChI is InChI=1S/C23H25Cl2N3O2/c1-15(29)27-8-10-28(11-9-27)18-5-2-16(3-6-18)14-26-23(30)20-13-19(20)17-4-7-21(24)22(25)12-17/h2-7,12,19-20H,8-11,13-14H2,1H3,(H,26,30). The van der Waals surface area contributed by atoms with Gasteiger partial charge in [0.2, 0.25) is 11.8 Å². The van der Waals surface area contributed by atoms with Crippen molar-refractivity contribution >= 4 is 40.7 Å². The molecule has 1 N–H and O–H groups in total. The largest absolute Gasteiger partial charge is 0.368 e. The Morgan fingerprint density at radius 1 is 1.00 bits per heavy atom. The van der Waals surface area contributed by atoms with Crippen LogP contribution >= 0.6 is 23.2 Å². The second-order valence-electron chi connectivity index (χ2n) is 8.00. The van der Waals surface area contributed by atoms with Crippen molar-refractivity contribution in [1.29, 1.82) is 0 Å². The molecule has 2 atom stereocenters. The number of piperazine rings is 1. The zero-order valence-electron chi connectivity index (χ0n) is 16.9. The molecule has 0 aromatic heterocycles. The fraction of sp³-hybridized carbons (Fsp3) is 0.391. The number of amides is 2. The second kappa shape index (κ2) is 8.86. The third-order valence-corrected chi connectivity index (χ3v) is 6.73. The molecule has 2 amide bonds. The van der Waals surface area contributed by atoms with Crippen LogP contribution in [-0.2, 0) is 16.1 Å². The van der Waals surface area contributed by atoms with Crippen molar-refractivity contribution in [2.75, 3.05) is 31.1 Å². The van der Waals surface area contributed by atoms with Crippen LogP contribution in [0.3, 0.4) is 0 Å². The number of hydrogen-bond donors (Lipinski definition) is 1. The Labute approximate surface area is 186 Å². The zero-order valence-corrected chi connectivity index (χ0v) is 18.4. The molecule has 1 saturated heterocycles. The molecule has 5 nitrogen and oxygen atoms in total. The number of hydrogen-bond acceptors (Lipinski definition) is 3. The summed E-state index contributed by atoms with van der Waals surface area (Å²) in [7, 11) is 0. The van der Waals surface area contributed by atoms with Crippen LogP contribution in [0.4, 0.5) is 5.69 Å². The van der Waals surface area contributed by atoms with Gasteiger partial charge in [-0.15, -0.1) is 0 Å². The summed E-state index contributed by atoms with van der Waals surface area (Å²) >= 11 is 12.1. The summed E-state index contributed by atoms with van der Waals surface area (Å²) in [6.45, 7) is 5.33. The van der Waals surface area contributed by atoms with Crippen molar-refractivity contribution < 1.29 is 9.59 Å². The van der Waals surface area contributed by atoms with E-state index < -0.39 is 0 Å². The van der Waals surface area contributed by atoms with E-state index in [9.17, 15) is 9.59 Å². The zero-order chi connectivity index (χ0) is 21.3. The summed E-state index contributed by atoms with van der Waals surface area (Å²) in [5, 5.41) is 4.11. The Balaban J connectivity index is 1.26. The third kappa shape index (κ3) is 4.73. The van der Waals surface area contributed by atoms with E-state index in [2.05, 4.69) is 34.5 Å². The lowest BCUT2D eigenvalue weighted by atomic mass is 10.1. The minimum absolute atomic E-state index is 0.000845. The Morgan fingerprint density at radius 3 is 2.33 bits per heavy atom. The molecule has 1 saturated carbocycles. The first-order valence-electron chi connectivity index (χ1n) is 10.2. The molecule has 2 aliphatic rings. The van der Waals surface area contributed by atoms with Crippen LogP contribution in [0.2, 0.25) is 10.0 Å². The maximum Gasteiger partial charge on any atom is 0.224 e. The summed E-state index contributed by atoms with van der Waals surface area (Å²) in [5.74, 6) is 0.434. The molecule has 1 aliphatic heterocycles. The van der Waals surface area contributed by atoms with Gasteiger partial charge in [-0.25, -0.2) is 0 Å². The van der Waals surface area contributed by atoms with Crippen LogP contribution in [-0.4, -0.2) is 42.9 Å². The Morgan fingerprint density at radius 2 is 1.70 bits per heavy atom. The monoisotopic (exact) mass is 445 g/mol. The first-order valence-corrected chi connectivity index (χ1v) is 11.0. The van der Waals surface area contributed by atoms with Crippen molar-refractivity contribution in [3.05, 3.63) is 63.6 Å². The predicted octanol–water partition coefficient (Wildman–Crippen LogP) is 4.08. The molecule has 0 radical (unpaired) electrons. The van der Waals surface area contributed by atoms with Gasteiger partial charge in [-0.1, -0.05) is 41.4 Å². The summed E-state index contributed by atoms with van der Waals surface area (Å²) in [4.78, 5) is 28.1. The van der Waals surface area contributed by atoms with Crippen LogP contribution in [0.1, 0.15) is 30.4 Å². The highest BCUT2D eigenvalue weighted by molar-refractivity contribution is 6.42. The molecule has 7 heteroatoms. The topological polar surface area (TPSA) is 52.7 Å². The maximum absolute atomic E-state index is 12.5. The molecular formula is C23H25Cl2N3O2. The number of carbonyl (C=O) groups excluding carboxylic acids is 2. The van der Waals surface area contributed by atoms with Gasteiger partial charge in [0.15, 0.2) is 0 Å². The van der Waals surface area contributed by atoms with Crippen molar-refractivity contribution in [2.45, 2.75) is 25.8 Å². The minimum atomic E-state index is -0.000845. The van der Waals surface area contributed by atoms with Gasteiger partial charge >= 0.3 is 0 Å². The third-order valence-electron chi connectivity index (χ3n) is 5.99. The molecule has 0 spiro atoms. The van der Waals surface area contributed by atoms with Gasteiger partial charge in [0.05, 0.1) is 10.0 Å². The van der Waals surface area contributed by atoms with E-state index in [-0.39, 0.29) is 23.7 Å². The van der Waals surface area contributed by atoms with Gasteiger partial charge in [-0.2, -0.15) is 0 Å². The van der Waals surface area contributed by atoms with Crippen LogP contribution in [0.15, 0.2) is 42.5 Å². The van der Waals surface area contributed by atoms with Gasteiger partial charge in [0.25, 0.3) is 0 Å². The van der Waals surface area contributed by atoms with Gasteiger partial charge < -0.3 is 15.1 Å². The van der Waals surface area contributed by atoms with Crippen LogP contribution in [0.25, 0.3) is 0 Å². The average Bonchev–Trinajstić information content (AvgIpc) is 3.55. The first-order chi connectivity index (χ1) is 14.4. The molecule has 2 aromatic rings. The molecule has 2 fully saturated rings. The van der Waals surface area contributed by atoms with E-state index >= 15 is 0 Å². The van der Waals surface area contributed by atoms with E-state index in [0.29, 0.717) is 16.6 Å². The molecule has 30 heavy (non-hydrogen) atoms. The minimum Gasteiger partial charge on any atom is -0.368 e. The van der Waals surface area contributed by atoms with E-state index in [1.54, 1.807) is 13.0 Å². The predicted molar refractivity (Wildman–Crippen MR) is 120 cm³/mol. The van der Waals surface area contributed by atoms with E-state index in [0.717, 1.165) is 49.4 Å². The van der Waals surface area contributed by atoms with E-state index in [1.165, 1.54) is 0 Å². The highest BCUT2D eigenvalue weighted by Crippen LogP contribution is 2.48. The summed E-state index contributed by atoms with van der Waals surface area (Å²) < 4.78 is 0. The lowest BCUT2D eigenvalue weighted by Crippen LogP contribution is -2.48. The molecular weight excluding hydrogens is 421 g/mol. The average molecular weight is 446 g/mol. The maximum atomic E-state index is 12.5. The van der Waals surface area contributed by atoms with Crippen molar-refractivity contribution in [1.82, 2.24) is 10.2 Å². The molecule has 1 heterocycles. The number of anilines is 1. The Kier molecular flexibility index (Phi) is 6.21. The lowest BCUT2D eigenvalue weighted by Gasteiger charge is -2.35.